The van der Waals surface area contributed by atoms with Gasteiger partial charge in [-0.15, -0.1) is 0 Å². The summed E-state index contributed by atoms with van der Waals surface area (Å²) in [6.07, 6.45) is 5.51. The Hall–Kier alpha value is -1.96. The van der Waals surface area contributed by atoms with Crippen LogP contribution in [-0.4, -0.2) is 75.7 Å². The molecule has 1 aromatic heterocycles. The van der Waals surface area contributed by atoms with Gasteiger partial charge in [0, 0.05) is 51.7 Å². The van der Waals surface area contributed by atoms with E-state index >= 15 is 0 Å². The molecule has 4 heterocycles. The number of piperidine rings is 1. The summed E-state index contributed by atoms with van der Waals surface area (Å²) in [6, 6.07) is 0.308. The van der Waals surface area contributed by atoms with Crippen molar-refractivity contribution in [1.29, 1.82) is 0 Å². The molecule has 1 spiro atoms. The number of amides is 2. The quantitative estimate of drug-likeness (QED) is 0.850. The molecule has 1 aromatic rings. The third-order valence-electron chi connectivity index (χ3n) is 6.31. The number of aryl methyl sites for hydroxylation is 2. The van der Waals surface area contributed by atoms with Gasteiger partial charge in [-0.25, -0.2) is 4.98 Å². The Kier molecular flexibility index (Phi) is 5.16. The van der Waals surface area contributed by atoms with Crippen LogP contribution in [0.1, 0.15) is 50.2 Å². The lowest BCUT2D eigenvalue weighted by atomic mass is 9.77. The van der Waals surface area contributed by atoms with Crippen LogP contribution in [0.5, 0.6) is 0 Å². The summed E-state index contributed by atoms with van der Waals surface area (Å²) in [7, 11) is 0. The van der Waals surface area contributed by atoms with Crippen molar-refractivity contribution in [3.8, 4) is 0 Å². The minimum atomic E-state index is -0.368. The minimum Gasteiger partial charge on any atom is -0.381 e. The molecule has 0 aliphatic carbocycles. The molecule has 1 atom stereocenters. The fourth-order valence-electron chi connectivity index (χ4n) is 4.79. The van der Waals surface area contributed by atoms with E-state index in [9.17, 15) is 9.59 Å². The molecule has 4 rings (SSSR count). The Morgan fingerprint density at radius 1 is 1.30 bits per heavy atom. The highest BCUT2D eigenvalue weighted by Crippen LogP contribution is 2.41. The Morgan fingerprint density at radius 2 is 2.11 bits per heavy atom. The standard InChI is InChI=1S/C19H29N5O3/c1-14-20-16(22-21-14)3-4-17(25)23-10-8-19(13-23)7-2-9-24(18(19)26)15-5-11-27-12-6-15/h15H,2-13H2,1H3,(H,20,21,22). The van der Waals surface area contributed by atoms with Gasteiger partial charge in [0.15, 0.2) is 5.82 Å². The average molecular weight is 375 g/mol. The summed E-state index contributed by atoms with van der Waals surface area (Å²) in [4.78, 5) is 34.2. The number of carbonyl (C=O) groups excluding carboxylic acids is 2. The van der Waals surface area contributed by atoms with E-state index in [-0.39, 0.29) is 17.2 Å². The zero-order valence-electron chi connectivity index (χ0n) is 16.1. The monoisotopic (exact) mass is 375 g/mol. The summed E-state index contributed by atoms with van der Waals surface area (Å²) >= 11 is 0. The van der Waals surface area contributed by atoms with E-state index in [0.29, 0.717) is 37.8 Å². The molecule has 1 unspecified atom stereocenters. The first-order chi connectivity index (χ1) is 13.1. The third kappa shape index (κ3) is 3.72. The summed E-state index contributed by atoms with van der Waals surface area (Å²) in [5.41, 5.74) is -0.368. The van der Waals surface area contributed by atoms with E-state index < -0.39 is 0 Å². The number of ether oxygens (including phenoxy) is 1. The van der Waals surface area contributed by atoms with Crippen LogP contribution in [0.15, 0.2) is 0 Å². The number of rotatable bonds is 4. The van der Waals surface area contributed by atoms with Gasteiger partial charge in [0.05, 0.1) is 5.41 Å². The number of aromatic amines is 1. The zero-order chi connectivity index (χ0) is 18.9. The van der Waals surface area contributed by atoms with Crippen molar-refractivity contribution in [2.45, 2.75) is 57.9 Å². The lowest BCUT2D eigenvalue weighted by Gasteiger charge is -2.44. The SMILES string of the molecule is Cc1nc(CCC(=O)N2CCC3(CCCN(C4CCOCC4)C3=O)C2)n[nH]1. The summed E-state index contributed by atoms with van der Waals surface area (Å²) < 4.78 is 5.45. The first kappa shape index (κ1) is 18.4. The molecule has 3 aliphatic heterocycles. The van der Waals surface area contributed by atoms with E-state index in [4.69, 9.17) is 4.74 Å². The highest BCUT2D eigenvalue weighted by atomic mass is 16.5. The molecule has 27 heavy (non-hydrogen) atoms. The predicted molar refractivity (Wildman–Crippen MR) is 97.9 cm³/mol. The molecule has 0 aromatic carbocycles. The van der Waals surface area contributed by atoms with Crippen LogP contribution in [-0.2, 0) is 20.7 Å². The van der Waals surface area contributed by atoms with Crippen LogP contribution in [0.25, 0.3) is 0 Å². The van der Waals surface area contributed by atoms with Crippen LogP contribution in [0.4, 0.5) is 0 Å². The third-order valence-corrected chi connectivity index (χ3v) is 6.31. The maximum Gasteiger partial charge on any atom is 0.230 e. The fraction of sp³-hybridized carbons (Fsp3) is 0.789. The molecule has 8 heteroatoms. The van der Waals surface area contributed by atoms with E-state index in [1.807, 2.05) is 11.8 Å². The van der Waals surface area contributed by atoms with Gasteiger partial charge in [0.25, 0.3) is 0 Å². The number of aromatic nitrogens is 3. The van der Waals surface area contributed by atoms with Crippen LogP contribution in [0, 0.1) is 12.3 Å². The minimum absolute atomic E-state index is 0.102. The molecule has 8 nitrogen and oxygen atoms in total. The topological polar surface area (TPSA) is 91.4 Å². The number of nitrogens with zero attached hydrogens (tertiary/aromatic N) is 4. The summed E-state index contributed by atoms with van der Waals surface area (Å²) in [5.74, 6) is 1.80. The second-order valence-corrected chi connectivity index (χ2v) is 8.13. The normalized spacial score (nSPS) is 26.9. The Balaban J connectivity index is 1.36. The van der Waals surface area contributed by atoms with Gasteiger partial charge in [-0.1, -0.05) is 0 Å². The molecule has 3 fully saturated rings. The zero-order valence-corrected chi connectivity index (χ0v) is 16.1. The first-order valence-electron chi connectivity index (χ1n) is 10.1. The molecular weight excluding hydrogens is 346 g/mol. The maximum absolute atomic E-state index is 13.3. The van der Waals surface area contributed by atoms with Crippen molar-refractivity contribution in [1.82, 2.24) is 25.0 Å². The smallest absolute Gasteiger partial charge is 0.230 e. The van der Waals surface area contributed by atoms with E-state index in [1.165, 1.54) is 0 Å². The van der Waals surface area contributed by atoms with Crippen molar-refractivity contribution in [2.24, 2.45) is 5.41 Å². The van der Waals surface area contributed by atoms with Gasteiger partial charge in [-0.05, 0) is 39.0 Å². The molecule has 2 amide bonds. The number of hydrogen-bond donors (Lipinski definition) is 1. The Bertz CT molecular complexity index is 699. The Morgan fingerprint density at radius 3 is 2.85 bits per heavy atom. The van der Waals surface area contributed by atoms with Crippen molar-refractivity contribution in [3.63, 3.8) is 0 Å². The fourth-order valence-corrected chi connectivity index (χ4v) is 4.79. The van der Waals surface area contributed by atoms with Gasteiger partial charge in [-0.3, -0.25) is 14.7 Å². The highest BCUT2D eigenvalue weighted by Gasteiger charge is 2.50. The second-order valence-electron chi connectivity index (χ2n) is 8.13. The van der Waals surface area contributed by atoms with Gasteiger partial charge >= 0.3 is 0 Å². The second kappa shape index (κ2) is 7.58. The van der Waals surface area contributed by atoms with Gasteiger partial charge < -0.3 is 14.5 Å². The number of likely N-dealkylation sites (tertiary alicyclic amines) is 2. The molecule has 0 bridgehead atoms. The summed E-state index contributed by atoms with van der Waals surface area (Å²) in [6.45, 7) is 5.43. The van der Waals surface area contributed by atoms with E-state index in [0.717, 1.165) is 57.7 Å². The molecular formula is C19H29N5O3. The number of hydrogen-bond acceptors (Lipinski definition) is 5. The molecule has 3 saturated heterocycles. The van der Waals surface area contributed by atoms with Crippen LogP contribution in [0.2, 0.25) is 0 Å². The highest BCUT2D eigenvalue weighted by molar-refractivity contribution is 5.86. The van der Waals surface area contributed by atoms with Crippen molar-refractivity contribution < 1.29 is 14.3 Å². The largest absolute Gasteiger partial charge is 0.381 e. The van der Waals surface area contributed by atoms with Crippen LogP contribution < -0.4 is 0 Å². The van der Waals surface area contributed by atoms with Crippen molar-refractivity contribution >= 4 is 11.8 Å². The lowest BCUT2D eigenvalue weighted by molar-refractivity contribution is -0.150. The van der Waals surface area contributed by atoms with E-state index in [1.54, 1.807) is 0 Å². The maximum atomic E-state index is 13.3. The van der Waals surface area contributed by atoms with Gasteiger partial charge in [0.2, 0.25) is 11.8 Å². The molecule has 1 N–H and O–H groups in total. The number of carbonyl (C=O) groups is 2. The van der Waals surface area contributed by atoms with Crippen molar-refractivity contribution in [2.75, 3.05) is 32.8 Å². The molecule has 0 saturated carbocycles. The molecule has 0 radical (unpaired) electrons. The number of nitrogens with one attached hydrogen (secondary N) is 1. The van der Waals surface area contributed by atoms with E-state index in [2.05, 4.69) is 20.1 Å². The predicted octanol–water partition coefficient (Wildman–Crippen LogP) is 1.07. The molecule has 148 valence electrons. The number of H-pyrrole nitrogens is 1. The molecule has 3 aliphatic rings. The van der Waals surface area contributed by atoms with Crippen molar-refractivity contribution in [3.05, 3.63) is 11.6 Å². The van der Waals surface area contributed by atoms with Gasteiger partial charge in [0.1, 0.15) is 5.82 Å². The van der Waals surface area contributed by atoms with Crippen LogP contribution >= 0.6 is 0 Å². The van der Waals surface area contributed by atoms with Crippen LogP contribution in [0.3, 0.4) is 0 Å². The average Bonchev–Trinajstić information content (AvgIpc) is 3.30. The Labute approximate surface area is 159 Å². The van der Waals surface area contributed by atoms with Gasteiger partial charge in [-0.2, -0.15) is 5.10 Å². The lowest BCUT2D eigenvalue weighted by Crippen LogP contribution is -2.55. The first-order valence-corrected chi connectivity index (χ1v) is 10.1. The summed E-state index contributed by atoms with van der Waals surface area (Å²) in [5, 5.41) is 6.90.